The van der Waals surface area contributed by atoms with E-state index in [1.807, 2.05) is 7.05 Å². The Kier molecular flexibility index (Phi) is 16.1. The van der Waals surface area contributed by atoms with Gasteiger partial charge in [-0.1, -0.05) is 0 Å². The fourth-order valence-corrected chi connectivity index (χ4v) is 0.279. The molecule has 0 fully saturated rings. The zero-order valence-corrected chi connectivity index (χ0v) is 5.26. The second-order valence-electron chi connectivity index (χ2n) is 1.25. The molecule has 0 saturated carbocycles. The first-order valence-electron chi connectivity index (χ1n) is 2.26. The summed E-state index contributed by atoms with van der Waals surface area (Å²) in [6.07, 6.45) is 1.08. The summed E-state index contributed by atoms with van der Waals surface area (Å²) in [5.41, 5.74) is 5.17. The zero-order valence-electron chi connectivity index (χ0n) is 4.55. The Bertz CT molecular complexity index is 21.7. The molecule has 3 heteroatoms. The summed E-state index contributed by atoms with van der Waals surface area (Å²) in [6.45, 7) is 1.83. The van der Waals surface area contributed by atoms with Crippen LogP contribution in [-0.2, 0) is 0 Å². The molecule has 0 saturated heterocycles. The Balaban J connectivity index is 0. The van der Waals surface area contributed by atoms with Crippen molar-refractivity contribution in [3.05, 3.63) is 0 Å². The third kappa shape index (κ3) is 11.0. The molecule has 0 unspecified atom stereocenters. The van der Waals surface area contributed by atoms with Crippen LogP contribution < -0.4 is 11.1 Å². The van der Waals surface area contributed by atoms with E-state index < -0.39 is 0 Å². The molecule has 0 spiro atoms. The molecule has 0 heterocycles. The molecule has 0 aromatic rings. The Morgan fingerprint density at radius 1 is 1.57 bits per heavy atom. The van der Waals surface area contributed by atoms with E-state index in [9.17, 15) is 0 Å². The van der Waals surface area contributed by atoms with Crippen molar-refractivity contribution < 1.29 is 37.7 Å². The summed E-state index contributed by atoms with van der Waals surface area (Å²) < 4.78 is 0. The maximum absolute atomic E-state index is 5.17. The van der Waals surface area contributed by atoms with Crippen molar-refractivity contribution in [2.24, 2.45) is 5.73 Å². The molecule has 0 aliphatic carbocycles. The number of nitrogens with one attached hydrogen (secondary N) is 1. The molecule has 0 atom stereocenters. The van der Waals surface area contributed by atoms with Gasteiger partial charge in [0, 0.05) is 37.7 Å². The molecule has 2 nitrogen and oxygen atoms in total. The van der Waals surface area contributed by atoms with Crippen molar-refractivity contribution in [3.8, 4) is 0 Å². The molecule has 7 heavy (non-hydrogen) atoms. The maximum atomic E-state index is 5.17. The van der Waals surface area contributed by atoms with Crippen LogP contribution in [0.2, 0.25) is 0 Å². The third-order valence-corrected chi connectivity index (χ3v) is 0.631. The molecular weight excluding hydrogens is 116 g/mol. The minimum Gasteiger partial charge on any atom is -0.330 e. The number of rotatable bonds is 3. The molecule has 46 valence electrons. The summed E-state index contributed by atoms with van der Waals surface area (Å²) in [5.74, 6) is 0. The van der Waals surface area contributed by atoms with E-state index in [1.54, 1.807) is 0 Å². The molecule has 0 aliphatic heterocycles. The normalized spacial score (nSPS) is 7.71. The molecule has 0 amide bonds. The van der Waals surface area contributed by atoms with Crippen molar-refractivity contribution in [2.75, 3.05) is 20.1 Å². The number of nitrogens with two attached hydrogens (primary N) is 1. The van der Waals surface area contributed by atoms with Gasteiger partial charge in [-0.05, 0) is 26.6 Å². The van der Waals surface area contributed by atoms with E-state index in [1.165, 1.54) is 0 Å². The Labute approximate surface area is 74.8 Å². The molecular formula is C4H12ArN2. The summed E-state index contributed by atoms with van der Waals surface area (Å²) >= 11 is 0. The molecule has 0 bridgehead atoms. The average Bonchev–Trinajstić information content (AvgIpc) is 1.61. The van der Waals surface area contributed by atoms with E-state index in [0.29, 0.717) is 0 Å². The minimum absolute atomic E-state index is 0. The van der Waals surface area contributed by atoms with Crippen molar-refractivity contribution in [1.82, 2.24) is 5.32 Å². The van der Waals surface area contributed by atoms with E-state index >= 15 is 0 Å². The predicted octanol–water partition coefficient (Wildman–Crippen LogP) is -0.445. The SMILES string of the molecule is CNCCCN.[Ar]. The molecule has 0 aromatic carbocycles. The fourth-order valence-electron chi connectivity index (χ4n) is 0.279. The monoisotopic (exact) mass is 128 g/mol. The minimum atomic E-state index is 0. The van der Waals surface area contributed by atoms with Crippen LogP contribution in [0.25, 0.3) is 0 Å². The van der Waals surface area contributed by atoms with Crippen molar-refractivity contribution >= 4 is 0 Å². The van der Waals surface area contributed by atoms with Gasteiger partial charge in [-0.3, -0.25) is 0 Å². The predicted molar refractivity (Wildman–Crippen MR) is 27.6 cm³/mol. The van der Waals surface area contributed by atoms with E-state index in [2.05, 4.69) is 5.32 Å². The smallest absolute Gasteiger partial charge is 0 e. The van der Waals surface area contributed by atoms with Gasteiger partial charge in [0.15, 0.2) is 0 Å². The summed E-state index contributed by atoms with van der Waals surface area (Å²) in [7, 11) is 1.93. The van der Waals surface area contributed by atoms with Gasteiger partial charge in [-0.25, -0.2) is 0 Å². The topological polar surface area (TPSA) is 38.0 Å². The van der Waals surface area contributed by atoms with Gasteiger partial charge in [-0.2, -0.15) is 0 Å². The van der Waals surface area contributed by atoms with Crippen LogP contribution in [0.15, 0.2) is 0 Å². The van der Waals surface area contributed by atoms with Crippen molar-refractivity contribution in [3.63, 3.8) is 0 Å². The summed E-state index contributed by atoms with van der Waals surface area (Å²) in [6, 6.07) is 0. The van der Waals surface area contributed by atoms with E-state index in [4.69, 9.17) is 5.73 Å². The van der Waals surface area contributed by atoms with Gasteiger partial charge >= 0.3 is 0 Å². The molecule has 3 N–H and O–H groups in total. The molecule has 0 rings (SSSR count). The summed E-state index contributed by atoms with van der Waals surface area (Å²) in [4.78, 5) is 0. The quantitative estimate of drug-likeness (QED) is 0.505. The van der Waals surface area contributed by atoms with Gasteiger partial charge < -0.3 is 11.1 Å². The van der Waals surface area contributed by atoms with E-state index in [-0.39, 0.29) is 37.7 Å². The van der Waals surface area contributed by atoms with Crippen LogP contribution in [0.5, 0.6) is 0 Å². The van der Waals surface area contributed by atoms with Crippen LogP contribution in [0, 0.1) is 37.7 Å². The molecule has 0 radical (unpaired) electrons. The Morgan fingerprint density at radius 3 is 2.29 bits per heavy atom. The van der Waals surface area contributed by atoms with Crippen LogP contribution in [0.1, 0.15) is 6.42 Å². The van der Waals surface area contributed by atoms with Gasteiger partial charge in [0.25, 0.3) is 0 Å². The zero-order chi connectivity index (χ0) is 4.83. The van der Waals surface area contributed by atoms with Gasteiger partial charge in [0.05, 0.1) is 0 Å². The fraction of sp³-hybridized carbons (Fsp3) is 1.00. The maximum Gasteiger partial charge on any atom is 0 e. The third-order valence-electron chi connectivity index (χ3n) is 0.631. The Hall–Kier alpha value is 1.18. The van der Waals surface area contributed by atoms with Crippen molar-refractivity contribution in [1.29, 1.82) is 0 Å². The average molecular weight is 128 g/mol. The van der Waals surface area contributed by atoms with Crippen LogP contribution in [-0.4, -0.2) is 20.1 Å². The molecule has 0 aliphatic rings. The van der Waals surface area contributed by atoms with Crippen molar-refractivity contribution in [2.45, 2.75) is 6.42 Å². The van der Waals surface area contributed by atoms with Gasteiger partial charge in [-0.15, -0.1) is 0 Å². The second kappa shape index (κ2) is 10.2. The standard InChI is InChI=1S/C4H12N2.Ar/c1-6-4-2-3-5;/h6H,2-5H2,1H3;. The van der Waals surface area contributed by atoms with Gasteiger partial charge in [0.1, 0.15) is 0 Å². The Morgan fingerprint density at radius 2 is 2.14 bits per heavy atom. The number of hydrogen-bond acceptors (Lipinski definition) is 2. The second-order valence-corrected chi connectivity index (χ2v) is 1.25. The van der Waals surface area contributed by atoms with E-state index in [0.717, 1.165) is 19.5 Å². The summed E-state index contributed by atoms with van der Waals surface area (Å²) in [5, 5.41) is 2.99. The first-order chi connectivity index (χ1) is 2.91. The van der Waals surface area contributed by atoms with Crippen LogP contribution >= 0.6 is 0 Å². The number of hydrogen-bond donors (Lipinski definition) is 2. The first-order valence-corrected chi connectivity index (χ1v) is 2.26. The van der Waals surface area contributed by atoms with Gasteiger partial charge in [0.2, 0.25) is 0 Å². The largest absolute Gasteiger partial charge is 0.330 e. The van der Waals surface area contributed by atoms with Crippen LogP contribution in [0.4, 0.5) is 0 Å². The molecule has 0 aromatic heterocycles. The first kappa shape index (κ1) is 11.0. The van der Waals surface area contributed by atoms with Crippen LogP contribution in [0.3, 0.4) is 0 Å².